The maximum Gasteiger partial charge on any atom is 0.289 e. The van der Waals surface area contributed by atoms with E-state index in [1.807, 2.05) is 20.8 Å². The second kappa shape index (κ2) is 16.0. The number of hydrogen-bond acceptors (Lipinski definition) is 8. The zero-order valence-electron chi connectivity index (χ0n) is 28.4. The van der Waals surface area contributed by atoms with E-state index in [0.29, 0.717) is 31.7 Å². The minimum Gasteiger partial charge on any atom is -0.347 e. The summed E-state index contributed by atoms with van der Waals surface area (Å²) in [6, 6.07) is -3.58. The molecule has 0 spiro atoms. The van der Waals surface area contributed by atoms with Crippen molar-refractivity contribution < 1.29 is 28.8 Å². The minimum absolute atomic E-state index is 0.0165. The third-order valence-electron chi connectivity index (χ3n) is 10.3. The van der Waals surface area contributed by atoms with Gasteiger partial charge in [0.15, 0.2) is 0 Å². The topological polar surface area (TPSA) is 180 Å². The zero-order chi connectivity index (χ0) is 34.4. The minimum atomic E-state index is -0.978. The highest BCUT2D eigenvalue weighted by Crippen LogP contribution is 2.45. The molecule has 1 aromatic heterocycles. The largest absolute Gasteiger partial charge is 0.347 e. The lowest BCUT2D eigenvalue weighted by Gasteiger charge is -2.35. The van der Waals surface area contributed by atoms with Crippen molar-refractivity contribution >= 4 is 35.3 Å². The van der Waals surface area contributed by atoms with Gasteiger partial charge in [0, 0.05) is 25.0 Å². The van der Waals surface area contributed by atoms with Crippen molar-refractivity contribution in [1.29, 1.82) is 0 Å². The molecule has 5 atom stereocenters. The highest BCUT2D eigenvalue weighted by molar-refractivity contribution is 6.38. The second-order valence-corrected chi connectivity index (χ2v) is 14.4. The van der Waals surface area contributed by atoms with Gasteiger partial charge in [0.2, 0.25) is 23.5 Å². The lowest BCUT2D eigenvalue weighted by Crippen LogP contribution is -2.61. The number of hydrogen-bond donors (Lipinski definition) is 4. The fourth-order valence-corrected chi connectivity index (χ4v) is 7.31. The first-order valence-electron chi connectivity index (χ1n) is 17.9. The predicted octanol–water partition coefficient (Wildman–Crippen LogP) is 2.06. The van der Waals surface area contributed by atoms with Crippen LogP contribution in [0, 0.1) is 23.7 Å². The van der Waals surface area contributed by atoms with Gasteiger partial charge in [-0.15, -0.1) is 0 Å². The van der Waals surface area contributed by atoms with Gasteiger partial charge in [-0.2, -0.15) is 0 Å². The molecule has 0 bridgehead atoms. The number of rotatable bonds is 15. The molecule has 4 N–H and O–H groups in total. The van der Waals surface area contributed by atoms with E-state index in [1.165, 1.54) is 18.6 Å². The summed E-state index contributed by atoms with van der Waals surface area (Å²) in [5.74, 6) is -3.29. The number of aromatic nitrogens is 2. The zero-order valence-corrected chi connectivity index (χ0v) is 28.4. The highest BCUT2D eigenvalue weighted by atomic mass is 16.2. The van der Waals surface area contributed by atoms with Crippen LogP contribution in [-0.4, -0.2) is 86.9 Å². The van der Waals surface area contributed by atoms with Gasteiger partial charge in [0.1, 0.15) is 23.8 Å². The number of amides is 5. The van der Waals surface area contributed by atoms with Crippen molar-refractivity contribution in [2.24, 2.45) is 23.7 Å². The first-order valence-corrected chi connectivity index (χ1v) is 17.9. The Morgan fingerprint density at radius 3 is 2.23 bits per heavy atom. The summed E-state index contributed by atoms with van der Waals surface area (Å²) in [6.07, 6.45) is 13.9. The van der Waals surface area contributed by atoms with Crippen molar-refractivity contribution in [1.82, 2.24) is 36.1 Å². The van der Waals surface area contributed by atoms with Crippen molar-refractivity contribution in [3.8, 4) is 0 Å². The monoisotopic (exact) mass is 665 g/mol. The van der Waals surface area contributed by atoms with Gasteiger partial charge in [-0.3, -0.25) is 33.8 Å². The van der Waals surface area contributed by atoms with E-state index in [2.05, 4.69) is 31.2 Å². The number of carbonyl (C=O) groups is 6. The molecule has 4 aliphatic rings. The summed E-state index contributed by atoms with van der Waals surface area (Å²) in [6.45, 7) is 5.92. The molecular weight excluding hydrogens is 614 g/mol. The molecule has 0 aromatic carbocycles. The number of ketones is 1. The molecule has 2 heterocycles. The van der Waals surface area contributed by atoms with Crippen molar-refractivity contribution in [3.63, 3.8) is 0 Å². The van der Waals surface area contributed by atoms with Crippen LogP contribution < -0.4 is 21.3 Å². The lowest BCUT2D eigenvalue weighted by atomic mass is 9.83. The smallest absolute Gasteiger partial charge is 0.289 e. The Hall–Kier alpha value is -3.90. The Labute approximate surface area is 282 Å². The number of nitrogens with zero attached hydrogens (tertiary/aromatic N) is 3. The van der Waals surface area contributed by atoms with Crippen molar-refractivity contribution in [2.75, 3.05) is 6.54 Å². The molecule has 5 rings (SSSR count). The standard InChI is InChI=1S/C35H51N7O6/c1-4-8-25(30(43)34(47)38-23-13-14-23)39-33(46)29-24(21-11-12-21)15-18-42(29)35(48)27(20(2)3)40-32(45)28(22-9-6-5-7-10-22)41-31(44)26-19-36-16-17-37-26/h16-17,19-25,27-29H,4-15,18H2,1-3H3,(H,38,47)(H,39,46)(H,40,45)(H,41,44)/t24-,25?,27+,28+,29+/m1/s1. The van der Waals surface area contributed by atoms with E-state index >= 15 is 0 Å². The predicted molar refractivity (Wildman–Crippen MR) is 176 cm³/mol. The molecular formula is C35H51N7O6. The van der Waals surface area contributed by atoms with E-state index < -0.39 is 53.6 Å². The molecule has 0 radical (unpaired) electrons. The molecule has 1 saturated heterocycles. The second-order valence-electron chi connectivity index (χ2n) is 14.4. The molecule has 262 valence electrons. The Morgan fingerprint density at radius 1 is 0.896 bits per heavy atom. The lowest BCUT2D eigenvalue weighted by molar-refractivity contribution is -0.145. The van der Waals surface area contributed by atoms with Crippen LogP contribution in [0.1, 0.15) is 108 Å². The van der Waals surface area contributed by atoms with Crippen molar-refractivity contribution in [3.05, 3.63) is 24.3 Å². The summed E-state index contributed by atoms with van der Waals surface area (Å²) in [7, 11) is 0. The van der Waals surface area contributed by atoms with E-state index in [0.717, 1.165) is 57.8 Å². The molecule has 1 unspecified atom stereocenters. The molecule has 5 amide bonds. The van der Waals surface area contributed by atoms with E-state index in [4.69, 9.17) is 0 Å². The molecule has 4 fully saturated rings. The van der Waals surface area contributed by atoms with Gasteiger partial charge >= 0.3 is 0 Å². The normalized spacial score (nSPS) is 23.1. The number of nitrogens with one attached hydrogen (secondary N) is 4. The van der Waals surface area contributed by atoms with E-state index in [1.54, 1.807) is 4.90 Å². The van der Waals surface area contributed by atoms with Crippen LogP contribution in [0.3, 0.4) is 0 Å². The molecule has 3 aliphatic carbocycles. The first-order chi connectivity index (χ1) is 23.1. The van der Waals surface area contributed by atoms with Crippen LogP contribution in [0.5, 0.6) is 0 Å². The number of Topliss-reactive ketones (excluding diaryl/α,β-unsaturated/α-hetero) is 1. The summed E-state index contributed by atoms with van der Waals surface area (Å²) < 4.78 is 0. The van der Waals surface area contributed by atoms with Crippen LogP contribution in [-0.2, 0) is 24.0 Å². The fraction of sp³-hybridized carbons (Fsp3) is 0.714. The van der Waals surface area contributed by atoms with Gasteiger partial charge in [0.25, 0.3) is 11.8 Å². The molecule has 13 heteroatoms. The van der Waals surface area contributed by atoms with Crippen LogP contribution in [0.4, 0.5) is 0 Å². The van der Waals surface area contributed by atoms with Gasteiger partial charge < -0.3 is 26.2 Å². The Bertz CT molecular complexity index is 1340. The third kappa shape index (κ3) is 8.76. The summed E-state index contributed by atoms with van der Waals surface area (Å²) in [4.78, 5) is 90.7. The maximum absolute atomic E-state index is 14.3. The highest BCUT2D eigenvalue weighted by Gasteiger charge is 2.50. The Balaban J connectivity index is 1.32. The van der Waals surface area contributed by atoms with Crippen LogP contribution in [0.2, 0.25) is 0 Å². The summed E-state index contributed by atoms with van der Waals surface area (Å²) in [5.41, 5.74) is 0.101. The summed E-state index contributed by atoms with van der Waals surface area (Å²) >= 11 is 0. The van der Waals surface area contributed by atoms with Gasteiger partial charge in [-0.1, -0.05) is 46.5 Å². The van der Waals surface area contributed by atoms with Crippen LogP contribution >= 0.6 is 0 Å². The Kier molecular flexibility index (Phi) is 11.8. The molecule has 3 saturated carbocycles. The van der Waals surface area contributed by atoms with Gasteiger partial charge in [-0.05, 0) is 75.0 Å². The summed E-state index contributed by atoms with van der Waals surface area (Å²) in [5, 5.41) is 11.4. The molecule has 48 heavy (non-hydrogen) atoms. The van der Waals surface area contributed by atoms with Crippen LogP contribution in [0.25, 0.3) is 0 Å². The van der Waals surface area contributed by atoms with E-state index in [-0.39, 0.29) is 35.4 Å². The third-order valence-corrected chi connectivity index (χ3v) is 10.3. The SMILES string of the molecule is CCCC(NC(=O)[C@@H]1[C@@H](C2CC2)CCN1C(=O)[C@@H](NC(=O)[C@@H](NC(=O)c1cnccn1)C1CCCCC1)C(C)C)C(=O)C(=O)NC1CC1. The van der Waals surface area contributed by atoms with Crippen molar-refractivity contribution in [2.45, 2.75) is 128 Å². The molecule has 1 aliphatic heterocycles. The van der Waals surface area contributed by atoms with Crippen LogP contribution in [0.15, 0.2) is 18.6 Å². The molecule has 13 nitrogen and oxygen atoms in total. The number of likely N-dealkylation sites (tertiary alicyclic amines) is 1. The average Bonchev–Trinajstić information content (AvgIpc) is 4.04. The fourth-order valence-electron chi connectivity index (χ4n) is 7.31. The Morgan fingerprint density at radius 2 is 1.62 bits per heavy atom. The first kappa shape index (κ1) is 35.4. The van der Waals surface area contributed by atoms with Gasteiger partial charge in [0.05, 0.1) is 12.2 Å². The van der Waals surface area contributed by atoms with Gasteiger partial charge in [-0.25, -0.2) is 4.98 Å². The van der Waals surface area contributed by atoms with E-state index in [9.17, 15) is 28.8 Å². The quantitative estimate of drug-likeness (QED) is 0.206. The number of carbonyl (C=O) groups excluding carboxylic acids is 6. The maximum atomic E-state index is 14.3. The average molecular weight is 666 g/mol. The molecule has 1 aromatic rings.